The van der Waals surface area contributed by atoms with Crippen molar-refractivity contribution in [3.05, 3.63) is 218 Å². The molecule has 0 spiro atoms. The van der Waals surface area contributed by atoms with Gasteiger partial charge in [0.25, 0.3) is 0 Å². The van der Waals surface area contributed by atoms with Gasteiger partial charge in [0.15, 0.2) is 5.58 Å². The second-order valence-corrected chi connectivity index (χ2v) is 16.3. The highest BCUT2D eigenvalue weighted by molar-refractivity contribution is 7.26. The summed E-state index contributed by atoms with van der Waals surface area (Å²) in [6, 6.07) is 78.5. The third-order valence-corrected chi connectivity index (χ3v) is 13.0. The summed E-state index contributed by atoms with van der Waals surface area (Å²) < 4.78 is 11.6. The molecule has 282 valence electrons. The van der Waals surface area contributed by atoms with Gasteiger partial charge in [-0.05, 0) is 81.9 Å². The Labute approximate surface area is 351 Å². The van der Waals surface area contributed by atoms with Crippen molar-refractivity contribution in [1.29, 1.82) is 0 Å². The number of hydrogen-bond acceptors (Lipinski definition) is 3. The molecule has 4 heteroatoms. The Kier molecular flexibility index (Phi) is 8.03. The van der Waals surface area contributed by atoms with Crippen molar-refractivity contribution in [3.63, 3.8) is 0 Å². The Hall–Kier alpha value is -7.66. The van der Waals surface area contributed by atoms with E-state index in [9.17, 15) is 0 Å². The third-order valence-electron chi connectivity index (χ3n) is 11.8. The average Bonchev–Trinajstić information content (AvgIpc) is 4.00. The Morgan fingerprint density at radius 3 is 1.63 bits per heavy atom. The molecule has 0 bridgehead atoms. The highest BCUT2D eigenvalue weighted by Crippen LogP contribution is 2.46. The van der Waals surface area contributed by atoms with Crippen molar-refractivity contribution in [1.82, 2.24) is 4.40 Å². The van der Waals surface area contributed by atoms with E-state index in [4.69, 9.17) is 4.42 Å². The summed E-state index contributed by atoms with van der Waals surface area (Å²) in [5.41, 5.74) is 16.6. The van der Waals surface area contributed by atoms with E-state index in [1.807, 2.05) is 11.3 Å². The molecule has 60 heavy (non-hydrogen) atoms. The molecule has 0 fully saturated rings. The fraction of sp³-hybridized carbons (Fsp3) is 0. The van der Waals surface area contributed by atoms with Crippen molar-refractivity contribution in [2.75, 3.05) is 4.90 Å². The zero-order valence-electron chi connectivity index (χ0n) is 32.5. The van der Waals surface area contributed by atoms with Crippen LogP contribution in [0.5, 0.6) is 0 Å². The zero-order chi connectivity index (χ0) is 39.6. The normalized spacial score (nSPS) is 11.7. The van der Waals surface area contributed by atoms with Gasteiger partial charge < -0.3 is 9.32 Å². The van der Waals surface area contributed by atoms with Crippen LogP contribution in [0.4, 0.5) is 17.1 Å². The van der Waals surface area contributed by atoms with Crippen LogP contribution in [-0.2, 0) is 0 Å². The number of aromatic nitrogens is 1. The molecule has 0 aliphatic carbocycles. The molecule has 0 aliphatic heterocycles. The topological polar surface area (TPSA) is 20.8 Å². The molecule has 3 nitrogen and oxygen atoms in total. The van der Waals surface area contributed by atoms with E-state index < -0.39 is 0 Å². The van der Waals surface area contributed by atoms with Crippen LogP contribution < -0.4 is 4.90 Å². The van der Waals surface area contributed by atoms with E-state index in [0.717, 1.165) is 61.6 Å². The van der Waals surface area contributed by atoms with Gasteiger partial charge in [0.05, 0.1) is 27.0 Å². The van der Waals surface area contributed by atoms with Gasteiger partial charge in [-0.1, -0.05) is 170 Å². The average molecular weight is 785 g/mol. The summed E-state index contributed by atoms with van der Waals surface area (Å²) in [6.07, 6.45) is 0. The number of anilines is 3. The maximum Gasteiger partial charge on any atom is 0.213 e. The maximum absolute atomic E-state index is 6.75. The molecule has 0 aliphatic rings. The van der Waals surface area contributed by atoms with Crippen molar-refractivity contribution in [2.24, 2.45) is 0 Å². The number of nitrogens with zero attached hydrogens (tertiary/aromatic N) is 2. The minimum atomic E-state index is 0.861. The molecule has 0 unspecified atom stereocenters. The summed E-state index contributed by atoms with van der Waals surface area (Å²) in [4.78, 5) is 2.41. The largest absolute Gasteiger partial charge is 0.438 e. The number of benzene rings is 9. The SMILES string of the molecule is c1ccc(-c2ccc(-c3ccc(N(c4ccc(-c5cccc6oc7c(-c8ccccc8)c8ccccc8n7c56)cc4)c4cccc5c4sc4ccccc45)cc3)cc2)cc1. The Morgan fingerprint density at radius 1 is 0.400 bits per heavy atom. The molecule has 12 aromatic rings. The van der Waals surface area contributed by atoms with Gasteiger partial charge in [-0.15, -0.1) is 11.3 Å². The molecule has 12 rings (SSSR count). The molecule has 0 atom stereocenters. The lowest BCUT2D eigenvalue weighted by atomic mass is 10.00. The maximum atomic E-state index is 6.75. The lowest BCUT2D eigenvalue weighted by Gasteiger charge is -2.26. The Bertz CT molecular complexity index is 3510. The second-order valence-electron chi connectivity index (χ2n) is 15.3. The van der Waals surface area contributed by atoms with Gasteiger partial charge in [0, 0.05) is 37.8 Å². The van der Waals surface area contributed by atoms with Crippen LogP contribution in [0, 0.1) is 0 Å². The van der Waals surface area contributed by atoms with E-state index in [2.05, 4.69) is 228 Å². The summed E-state index contributed by atoms with van der Waals surface area (Å²) in [5.74, 6) is 0. The number of rotatable bonds is 7. The first-order valence-electron chi connectivity index (χ1n) is 20.3. The van der Waals surface area contributed by atoms with Gasteiger partial charge in [0.2, 0.25) is 5.71 Å². The quantitative estimate of drug-likeness (QED) is 0.160. The molecule has 0 saturated heterocycles. The second kappa shape index (κ2) is 14.0. The fourth-order valence-electron chi connectivity index (χ4n) is 9.01. The third kappa shape index (κ3) is 5.57. The van der Waals surface area contributed by atoms with Gasteiger partial charge in [0.1, 0.15) is 0 Å². The van der Waals surface area contributed by atoms with E-state index in [-0.39, 0.29) is 0 Å². The zero-order valence-corrected chi connectivity index (χ0v) is 33.3. The molecule has 0 radical (unpaired) electrons. The van der Waals surface area contributed by atoms with Crippen molar-refractivity contribution in [2.45, 2.75) is 0 Å². The fourth-order valence-corrected chi connectivity index (χ4v) is 10.2. The van der Waals surface area contributed by atoms with E-state index in [1.165, 1.54) is 47.8 Å². The molecule has 3 heterocycles. The molecular formula is C56H36N2OS. The van der Waals surface area contributed by atoms with E-state index >= 15 is 0 Å². The summed E-state index contributed by atoms with van der Waals surface area (Å²) >= 11 is 1.86. The first kappa shape index (κ1) is 34.4. The lowest BCUT2D eigenvalue weighted by Crippen LogP contribution is -2.10. The van der Waals surface area contributed by atoms with E-state index in [0.29, 0.717) is 0 Å². The molecule has 0 N–H and O–H groups in total. The molecule has 0 amide bonds. The van der Waals surface area contributed by atoms with Gasteiger partial charge in [-0.3, -0.25) is 4.40 Å². The number of hydrogen-bond donors (Lipinski definition) is 0. The monoisotopic (exact) mass is 784 g/mol. The minimum absolute atomic E-state index is 0.861. The molecular weight excluding hydrogens is 749 g/mol. The Balaban J connectivity index is 0.981. The minimum Gasteiger partial charge on any atom is -0.438 e. The summed E-state index contributed by atoms with van der Waals surface area (Å²) in [7, 11) is 0. The van der Waals surface area contributed by atoms with Gasteiger partial charge >= 0.3 is 0 Å². The number of para-hydroxylation sites is 2. The molecule has 0 saturated carbocycles. The Morgan fingerprint density at radius 2 is 0.933 bits per heavy atom. The highest BCUT2D eigenvalue weighted by Gasteiger charge is 2.23. The number of thiophene rings is 1. The van der Waals surface area contributed by atoms with Crippen LogP contribution in [0.25, 0.3) is 92.4 Å². The van der Waals surface area contributed by atoms with Crippen LogP contribution in [-0.4, -0.2) is 4.40 Å². The van der Waals surface area contributed by atoms with E-state index in [1.54, 1.807) is 0 Å². The van der Waals surface area contributed by atoms with Crippen LogP contribution in [0.15, 0.2) is 223 Å². The number of oxazole rings is 1. The van der Waals surface area contributed by atoms with Crippen LogP contribution in [0.2, 0.25) is 0 Å². The summed E-state index contributed by atoms with van der Waals surface area (Å²) in [5, 5.41) is 3.74. The van der Waals surface area contributed by atoms with Crippen LogP contribution >= 0.6 is 11.3 Å². The standard InChI is InChI=1S/C56H36N2OS/c1-3-13-37(14-4-1)38-25-27-39(28-26-38)40-29-33-43(34-30-40)57(50-22-11-20-47-46-17-8-10-24-52(46)60-55(47)50)44-35-31-41(32-36-44)45-19-12-23-51-54(45)58-49-21-9-7-18-48(49)53(56(58)59-51)42-15-5-2-6-16-42/h1-36H. The van der Waals surface area contributed by atoms with Crippen molar-refractivity contribution >= 4 is 76.3 Å². The number of fused-ring (bicyclic) bond motifs is 8. The van der Waals surface area contributed by atoms with Gasteiger partial charge in [-0.25, -0.2) is 0 Å². The lowest BCUT2D eigenvalue weighted by molar-refractivity contribution is 0.658. The smallest absolute Gasteiger partial charge is 0.213 e. The predicted octanol–water partition coefficient (Wildman–Crippen LogP) is 16.3. The van der Waals surface area contributed by atoms with Crippen LogP contribution in [0.1, 0.15) is 0 Å². The first-order chi connectivity index (χ1) is 29.8. The molecule has 9 aromatic carbocycles. The van der Waals surface area contributed by atoms with Gasteiger partial charge in [-0.2, -0.15) is 0 Å². The summed E-state index contributed by atoms with van der Waals surface area (Å²) in [6.45, 7) is 0. The van der Waals surface area contributed by atoms with Crippen molar-refractivity contribution in [3.8, 4) is 44.5 Å². The predicted molar refractivity (Wildman–Crippen MR) is 254 cm³/mol. The van der Waals surface area contributed by atoms with Crippen LogP contribution in [0.3, 0.4) is 0 Å². The van der Waals surface area contributed by atoms with Crippen molar-refractivity contribution < 1.29 is 4.42 Å². The highest BCUT2D eigenvalue weighted by atomic mass is 32.1. The molecule has 3 aromatic heterocycles. The first-order valence-corrected chi connectivity index (χ1v) is 21.2.